The van der Waals surface area contributed by atoms with E-state index in [0.717, 1.165) is 40.9 Å². The highest BCUT2D eigenvalue weighted by atomic mass is 16.6. The Hall–Kier alpha value is -3.64. The molecule has 9 heteroatoms. The molecule has 4 fully saturated rings. The standard InChI is InChI=1S/C33H43N6O3/c1-23(7-9-33-17-25-13-26(18-33)15-27(14-25)19-33)8-12-38-22-39(11-4-10-34)32-30(38)31(35-21-36-32)37-42-20-24-5-6-28(40-2)29(16-24)41-3/h5-6,8,16,21-22,25-27H,4,7,9,11-15,17-20H2,1-3H3,(H,35,36,37)/q+1/b23-8+. The quantitative estimate of drug-likeness (QED) is 0.150. The number of benzene rings is 1. The van der Waals surface area contributed by atoms with E-state index in [1.54, 1.807) is 14.2 Å². The van der Waals surface area contributed by atoms with Gasteiger partial charge in [0.15, 0.2) is 30.0 Å². The highest BCUT2D eigenvalue weighted by Gasteiger charge is 2.50. The Balaban J connectivity index is 1.16. The molecule has 2 heterocycles. The number of nitrogens with zero attached hydrogens (tertiary/aromatic N) is 5. The van der Waals surface area contributed by atoms with Crippen molar-refractivity contribution in [1.29, 1.82) is 5.26 Å². The molecule has 3 aromatic rings. The predicted molar refractivity (Wildman–Crippen MR) is 160 cm³/mol. The second-order valence-electron chi connectivity index (χ2n) is 12.8. The number of aryl methyl sites for hydroxylation is 1. The number of aromatic nitrogens is 4. The molecule has 1 aromatic carbocycles. The molecule has 0 unspecified atom stereocenters. The zero-order valence-corrected chi connectivity index (χ0v) is 25.1. The van der Waals surface area contributed by atoms with Gasteiger partial charge in [-0.05, 0) is 99.2 Å². The van der Waals surface area contributed by atoms with E-state index in [9.17, 15) is 5.26 Å². The van der Waals surface area contributed by atoms with Crippen LogP contribution in [0.25, 0.3) is 11.2 Å². The number of ether oxygens (including phenoxy) is 2. The van der Waals surface area contributed by atoms with Crippen molar-refractivity contribution >= 4 is 17.0 Å². The molecule has 4 bridgehead atoms. The van der Waals surface area contributed by atoms with E-state index in [4.69, 9.17) is 14.3 Å². The molecule has 0 spiro atoms. The summed E-state index contributed by atoms with van der Waals surface area (Å²) in [6.07, 6.45) is 17.7. The number of rotatable bonds is 13. The molecule has 222 valence electrons. The summed E-state index contributed by atoms with van der Waals surface area (Å²) in [7, 11) is 3.24. The lowest BCUT2D eigenvalue weighted by atomic mass is 9.48. The molecule has 9 nitrogen and oxygen atoms in total. The molecule has 0 radical (unpaired) electrons. The maximum absolute atomic E-state index is 9.22. The number of nitriles is 1. The third-order valence-electron chi connectivity index (χ3n) is 9.81. The van der Waals surface area contributed by atoms with E-state index in [2.05, 4.69) is 39.1 Å². The lowest BCUT2D eigenvalue weighted by Crippen LogP contribution is -2.45. The van der Waals surface area contributed by atoms with E-state index in [1.807, 2.05) is 29.1 Å². The van der Waals surface area contributed by atoms with Crippen LogP contribution in [-0.4, -0.2) is 28.8 Å². The maximum Gasteiger partial charge on any atom is 0.307 e. The molecule has 0 aliphatic heterocycles. The van der Waals surface area contributed by atoms with Gasteiger partial charge >= 0.3 is 5.65 Å². The molecule has 42 heavy (non-hydrogen) atoms. The summed E-state index contributed by atoms with van der Waals surface area (Å²) in [4.78, 5) is 15.0. The topological polar surface area (TPSA) is 98.1 Å². The van der Waals surface area contributed by atoms with Crippen LogP contribution >= 0.6 is 0 Å². The number of nitrogens with one attached hydrogen (secondary N) is 1. The maximum atomic E-state index is 9.22. The van der Waals surface area contributed by atoms with E-state index in [-0.39, 0.29) is 0 Å². The van der Waals surface area contributed by atoms with Crippen LogP contribution in [0.1, 0.15) is 70.3 Å². The van der Waals surface area contributed by atoms with Crippen LogP contribution in [0.5, 0.6) is 11.5 Å². The monoisotopic (exact) mass is 571 g/mol. The minimum Gasteiger partial charge on any atom is -0.493 e. The second-order valence-corrected chi connectivity index (χ2v) is 12.8. The van der Waals surface area contributed by atoms with Crippen molar-refractivity contribution < 1.29 is 18.9 Å². The van der Waals surface area contributed by atoms with Gasteiger partial charge in [-0.1, -0.05) is 22.7 Å². The van der Waals surface area contributed by atoms with Gasteiger partial charge in [0.1, 0.15) is 0 Å². The lowest BCUT2D eigenvalue weighted by molar-refractivity contribution is -0.672. The Labute approximate surface area is 248 Å². The van der Waals surface area contributed by atoms with Crippen molar-refractivity contribution in [3.8, 4) is 17.6 Å². The van der Waals surface area contributed by atoms with Crippen LogP contribution in [0.2, 0.25) is 0 Å². The molecule has 7 rings (SSSR count). The molecule has 0 amide bonds. The molecule has 1 N–H and O–H groups in total. The van der Waals surface area contributed by atoms with Crippen molar-refractivity contribution in [3.05, 3.63) is 48.1 Å². The first-order valence-corrected chi connectivity index (χ1v) is 15.3. The van der Waals surface area contributed by atoms with E-state index < -0.39 is 0 Å². The van der Waals surface area contributed by atoms with Gasteiger partial charge in [-0.3, -0.25) is 9.40 Å². The van der Waals surface area contributed by atoms with Gasteiger partial charge in [0, 0.05) is 0 Å². The number of hydrogen-bond acceptors (Lipinski definition) is 7. The zero-order chi connectivity index (χ0) is 29.1. The summed E-state index contributed by atoms with van der Waals surface area (Å²) in [6.45, 7) is 3.86. The first-order valence-electron chi connectivity index (χ1n) is 15.3. The van der Waals surface area contributed by atoms with Gasteiger partial charge in [0.05, 0.1) is 46.4 Å². The minimum atomic E-state index is 0.310. The highest BCUT2D eigenvalue weighted by molar-refractivity contribution is 5.80. The van der Waals surface area contributed by atoms with Gasteiger partial charge in [0.25, 0.3) is 0 Å². The van der Waals surface area contributed by atoms with Crippen LogP contribution in [0, 0.1) is 34.5 Å². The smallest absolute Gasteiger partial charge is 0.307 e. The molecule has 0 atom stereocenters. The first-order chi connectivity index (χ1) is 20.5. The van der Waals surface area contributed by atoms with Gasteiger partial charge < -0.3 is 9.47 Å². The third kappa shape index (κ3) is 5.96. The molecular formula is C33H43N6O3+. The lowest BCUT2D eigenvalue weighted by Gasteiger charge is -2.57. The minimum absolute atomic E-state index is 0.310. The summed E-state index contributed by atoms with van der Waals surface area (Å²) in [5, 5.41) is 9.22. The van der Waals surface area contributed by atoms with Crippen LogP contribution in [-0.2, 0) is 24.5 Å². The SMILES string of the molecule is COc1ccc(CONc2ncnc3c2n(C/C=C(\C)CCC24CC5CC(CC(C5)C2)C4)c[n+]3CCC#N)cc1OC. The fraction of sp³-hybridized carbons (Fsp3) is 0.576. The molecule has 4 saturated carbocycles. The summed E-state index contributed by atoms with van der Waals surface area (Å²) >= 11 is 0. The largest absolute Gasteiger partial charge is 0.493 e. The Morgan fingerprint density at radius 2 is 1.86 bits per heavy atom. The van der Waals surface area contributed by atoms with Gasteiger partial charge in [-0.15, -0.1) is 0 Å². The van der Waals surface area contributed by atoms with Gasteiger partial charge in [-0.2, -0.15) is 10.2 Å². The highest BCUT2D eigenvalue weighted by Crippen LogP contribution is 2.61. The van der Waals surface area contributed by atoms with Crippen LogP contribution in [0.4, 0.5) is 5.82 Å². The molecule has 4 aliphatic carbocycles. The molecule has 2 aromatic heterocycles. The Morgan fingerprint density at radius 3 is 2.55 bits per heavy atom. The second kappa shape index (κ2) is 12.3. The first kappa shape index (κ1) is 28.5. The predicted octanol–water partition coefficient (Wildman–Crippen LogP) is 6.14. The molecule has 0 saturated heterocycles. The van der Waals surface area contributed by atoms with Crippen molar-refractivity contribution in [3.63, 3.8) is 0 Å². The summed E-state index contributed by atoms with van der Waals surface area (Å²) < 4.78 is 14.9. The summed E-state index contributed by atoms with van der Waals surface area (Å²) in [5.41, 5.74) is 7.65. The summed E-state index contributed by atoms with van der Waals surface area (Å²) in [6, 6.07) is 7.95. The molecular weight excluding hydrogens is 528 g/mol. The van der Waals surface area contributed by atoms with Crippen molar-refractivity contribution in [1.82, 2.24) is 14.5 Å². The fourth-order valence-electron chi connectivity index (χ4n) is 8.24. The van der Waals surface area contributed by atoms with Crippen molar-refractivity contribution in [2.75, 3.05) is 19.7 Å². The average molecular weight is 572 g/mol. The third-order valence-corrected chi connectivity index (χ3v) is 9.81. The summed E-state index contributed by atoms with van der Waals surface area (Å²) in [5.74, 6) is 4.91. The van der Waals surface area contributed by atoms with Crippen molar-refractivity contribution in [2.24, 2.45) is 23.2 Å². The van der Waals surface area contributed by atoms with Crippen molar-refractivity contribution in [2.45, 2.75) is 84.4 Å². The normalized spacial score (nSPS) is 24.6. The fourth-order valence-corrected chi connectivity index (χ4v) is 8.24. The van der Waals surface area contributed by atoms with Gasteiger partial charge in [0.2, 0.25) is 5.52 Å². The Kier molecular flexibility index (Phi) is 8.34. The number of imidazole rings is 1. The average Bonchev–Trinajstić information content (AvgIpc) is 3.35. The number of methoxy groups -OCH3 is 2. The Morgan fingerprint density at radius 1 is 1.12 bits per heavy atom. The van der Waals surface area contributed by atoms with E-state index in [0.29, 0.717) is 48.8 Å². The van der Waals surface area contributed by atoms with E-state index in [1.165, 1.54) is 56.8 Å². The van der Waals surface area contributed by atoms with Crippen LogP contribution in [0.15, 0.2) is 42.5 Å². The Bertz CT molecular complexity index is 1450. The van der Waals surface area contributed by atoms with Crippen LogP contribution < -0.4 is 19.5 Å². The number of fused-ring (bicyclic) bond motifs is 1. The van der Waals surface area contributed by atoms with Gasteiger partial charge in [-0.25, -0.2) is 10.0 Å². The number of anilines is 1. The van der Waals surface area contributed by atoms with Crippen LogP contribution in [0.3, 0.4) is 0 Å². The van der Waals surface area contributed by atoms with E-state index >= 15 is 0 Å². The zero-order valence-electron chi connectivity index (χ0n) is 25.1. The number of allylic oxidation sites excluding steroid dienone is 2. The number of hydrogen-bond donors (Lipinski definition) is 1. The molecule has 4 aliphatic rings.